The molecule has 1 N–H and O–H groups in total. The van der Waals surface area contributed by atoms with Gasteiger partial charge in [-0.3, -0.25) is 9.36 Å². The van der Waals surface area contributed by atoms with Crippen LogP contribution in [-0.4, -0.2) is 16.7 Å². The van der Waals surface area contributed by atoms with Crippen molar-refractivity contribution in [3.05, 3.63) is 82.7 Å². The van der Waals surface area contributed by atoms with Gasteiger partial charge in [-0.1, -0.05) is 24.3 Å². The minimum absolute atomic E-state index is 0.188. The Balaban J connectivity index is 1.88. The highest BCUT2D eigenvalue weighted by atomic mass is 19.1. The molecule has 0 aliphatic heterocycles. The van der Waals surface area contributed by atoms with E-state index in [1.807, 2.05) is 24.3 Å². The van der Waals surface area contributed by atoms with E-state index in [4.69, 9.17) is 4.74 Å². The van der Waals surface area contributed by atoms with E-state index in [1.165, 1.54) is 29.1 Å². The van der Waals surface area contributed by atoms with Crippen molar-refractivity contribution in [2.24, 2.45) is 0 Å². The second-order valence-electron chi connectivity index (χ2n) is 5.10. The summed E-state index contributed by atoms with van der Waals surface area (Å²) in [5.74, 6) is 0.513. The molecule has 1 aromatic heterocycles. The first-order valence-corrected chi connectivity index (χ1v) is 7.38. The number of halogens is 1. The highest BCUT2D eigenvalue weighted by Gasteiger charge is 2.08. The Bertz CT molecular complexity index is 909. The summed E-state index contributed by atoms with van der Waals surface area (Å²) < 4.78 is 20.0. The molecule has 5 nitrogen and oxygen atoms in total. The molecule has 0 aliphatic rings. The van der Waals surface area contributed by atoms with E-state index in [-0.39, 0.29) is 11.4 Å². The molecular formula is C18H16FN3O2. The van der Waals surface area contributed by atoms with E-state index in [0.29, 0.717) is 12.2 Å². The lowest BCUT2D eigenvalue weighted by molar-refractivity contribution is 0.410. The van der Waals surface area contributed by atoms with Crippen molar-refractivity contribution in [1.29, 1.82) is 0 Å². The highest BCUT2D eigenvalue weighted by molar-refractivity contribution is 5.41. The van der Waals surface area contributed by atoms with Crippen LogP contribution in [0.4, 0.5) is 10.2 Å². The standard InChI is InChI=1S/C18H16FN3O2/c1-24-16-8-3-2-5-13(16)12-21-17-18(23)22(10-9-20-17)15-7-4-6-14(19)11-15/h2-11H,12H2,1H3,(H,20,21). The average molecular weight is 325 g/mol. The van der Waals surface area contributed by atoms with Gasteiger partial charge in [0.15, 0.2) is 5.82 Å². The lowest BCUT2D eigenvalue weighted by Crippen LogP contribution is -2.23. The van der Waals surface area contributed by atoms with Crippen LogP contribution in [0.2, 0.25) is 0 Å². The molecule has 2 aromatic carbocycles. The zero-order valence-electron chi connectivity index (χ0n) is 13.1. The molecule has 6 heteroatoms. The fourth-order valence-corrected chi connectivity index (χ4v) is 2.39. The van der Waals surface area contributed by atoms with Gasteiger partial charge in [-0.05, 0) is 24.3 Å². The molecule has 0 atom stereocenters. The van der Waals surface area contributed by atoms with E-state index in [9.17, 15) is 9.18 Å². The zero-order valence-corrected chi connectivity index (χ0v) is 13.1. The molecule has 0 fully saturated rings. The Labute approximate surface area is 138 Å². The maximum Gasteiger partial charge on any atom is 0.297 e. The predicted molar refractivity (Wildman–Crippen MR) is 90.1 cm³/mol. The smallest absolute Gasteiger partial charge is 0.297 e. The lowest BCUT2D eigenvalue weighted by Gasteiger charge is -2.11. The number of nitrogens with one attached hydrogen (secondary N) is 1. The number of anilines is 1. The summed E-state index contributed by atoms with van der Waals surface area (Å²) in [6.07, 6.45) is 3.00. The number of aromatic nitrogens is 2. The third kappa shape index (κ3) is 3.27. The van der Waals surface area contributed by atoms with Gasteiger partial charge in [0.2, 0.25) is 0 Å². The van der Waals surface area contributed by atoms with Gasteiger partial charge in [-0.2, -0.15) is 0 Å². The van der Waals surface area contributed by atoms with E-state index in [0.717, 1.165) is 11.3 Å². The number of rotatable bonds is 5. The van der Waals surface area contributed by atoms with Gasteiger partial charge in [-0.25, -0.2) is 9.37 Å². The van der Waals surface area contributed by atoms with Crippen LogP contribution in [0.15, 0.2) is 65.7 Å². The Morgan fingerprint density at radius 3 is 2.83 bits per heavy atom. The molecule has 0 saturated carbocycles. The van der Waals surface area contributed by atoms with Crippen LogP contribution in [0.3, 0.4) is 0 Å². The minimum Gasteiger partial charge on any atom is -0.496 e. The van der Waals surface area contributed by atoms with Crippen molar-refractivity contribution in [2.75, 3.05) is 12.4 Å². The normalized spacial score (nSPS) is 10.4. The molecule has 1 heterocycles. The topological polar surface area (TPSA) is 56.1 Å². The first-order chi connectivity index (χ1) is 11.7. The molecule has 0 radical (unpaired) electrons. The molecule has 122 valence electrons. The Morgan fingerprint density at radius 1 is 1.21 bits per heavy atom. The second kappa shape index (κ2) is 6.95. The molecule has 0 bridgehead atoms. The van der Waals surface area contributed by atoms with E-state index >= 15 is 0 Å². The Kier molecular flexibility index (Phi) is 4.56. The lowest BCUT2D eigenvalue weighted by atomic mass is 10.2. The SMILES string of the molecule is COc1ccccc1CNc1nccn(-c2cccc(F)c2)c1=O. The number of ether oxygens (including phenoxy) is 1. The fraction of sp³-hybridized carbons (Fsp3) is 0.111. The Morgan fingerprint density at radius 2 is 2.04 bits per heavy atom. The maximum atomic E-state index is 13.4. The van der Waals surface area contributed by atoms with Crippen LogP contribution in [0.25, 0.3) is 5.69 Å². The first-order valence-electron chi connectivity index (χ1n) is 7.38. The third-order valence-corrected chi connectivity index (χ3v) is 3.57. The first kappa shape index (κ1) is 15.7. The van der Waals surface area contributed by atoms with Gasteiger partial charge in [0.05, 0.1) is 12.8 Å². The Hall–Kier alpha value is -3.15. The van der Waals surface area contributed by atoms with Gasteiger partial charge in [0.25, 0.3) is 5.56 Å². The molecule has 0 unspecified atom stereocenters. The van der Waals surface area contributed by atoms with Gasteiger partial charge in [0.1, 0.15) is 11.6 Å². The van der Waals surface area contributed by atoms with Gasteiger partial charge < -0.3 is 10.1 Å². The molecule has 0 spiro atoms. The van der Waals surface area contributed by atoms with Gasteiger partial charge in [-0.15, -0.1) is 0 Å². The average Bonchev–Trinajstić information content (AvgIpc) is 2.61. The minimum atomic E-state index is -0.403. The van der Waals surface area contributed by atoms with E-state index < -0.39 is 5.82 Å². The van der Waals surface area contributed by atoms with Crippen LogP contribution >= 0.6 is 0 Å². The van der Waals surface area contributed by atoms with Crippen LogP contribution in [0, 0.1) is 5.82 Å². The van der Waals surface area contributed by atoms with Crippen molar-refractivity contribution >= 4 is 5.82 Å². The number of methoxy groups -OCH3 is 1. The van der Waals surface area contributed by atoms with Gasteiger partial charge >= 0.3 is 0 Å². The summed E-state index contributed by atoms with van der Waals surface area (Å²) in [6, 6.07) is 13.4. The number of benzene rings is 2. The number of para-hydroxylation sites is 1. The third-order valence-electron chi connectivity index (χ3n) is 3.57. The fourth-order valence-electron chi connectivity index (χ4n) is 2.39. The van der Waals surface area contributed by atoms with Crippen LogP contribution in [0.1, 0.15) is 5.56 Å². The number of hydrogen-bond acceptors (Lipinski definition) is 4. The number of hydrogen-bond donors (Lipinski definition) is 1. The summed E-state index contributed by atoms with van der Waals surface area (Å²) in [5.41, 5.74) is 1.00. The summed E-state index contributed by atoms with van der Waals surface area (Å²) in [6.45, 7) is 0.388. The van der Waals surface area contributed by atoms with Crippen molar-refractivity contribution in [2.45, 2.75) is 6.54 Å². The van der Waals surface area contributed by atoms with Crippen LogP contribution in [-0.2, 0) is 6.54 Å². The zero-order chi connectivity index (χ0) is 16.9. The van der Waals surface area contributed by atoms with Crippen LogP contribution < -0.4 is 15.6 Å². The van der Waals surface area contributed by atoms with Crippen molar-refractivity contribution in [3.8, 4) is 11.4 Å². The predicted octanol–water partition coefficient (Wildman–Crippen LogP) is 2.99. The molecule has 0 saturated heterocycles. The molecular weight excluding hydrogens is 309 g/mol. The van der Waals surface area contributed by atoms with Gasteiger partial charge in [0, 0.05) is 24.5 Å². The summed E-state index contributed by atoms with van der Waals surface area (Å²) in [7, 11) is 1.59. The highest BCUT2D eigenvalue weighted by Crippen LogP contribution is 2.18. The van der Waals surface area contributed by atoms with Crippen molar-refractivity contribution < 1.29 is 9.13 Å². The molecule has 3 aromatic rings. The molecule has 0 amide bonds. The summed E-state index contributed by atoms with van der Waals surface area (Å²) in [5, 5.41) is 3.01. The quantitative estimate of drug-likeness (QED) is 0.783. The molecule has 24 heavy (non-hydrogen) atoms. The summed E-state index contributed by atoms with van der Waals surface area (Å²) in [4.78, 5) is 16.6. The van der Waals surface area contributed by atoms with E-state index in [1.54, 1.807) is 19.2 Å². The van der Waals surface area contributed by atoms with Crippen molar-refractivity contribution in [1.82, 2.24) is 9.55 Å². The second-order valence-corrected chi connectivity index (χ2v) is 5.10. The maximum absolute atomic E-state index is 13.4. The number of nitrogens with zero attached hydrogens (tertiary/aromatic N) is 2. The monoisotopic (exact) mass is 325 g/mol. The van der Waals surface area contributed by atoms with E-state index in [2.05, 4.69) is 10.3 Å². The van der Waals surface area contributed by atoms with Crippen LogP contribution in [0.5, 0.6) is 5.75 Å². The molecule has 0 aliphatic carbocycles. The summed E-state index contributed by atoms with van der Waals surface area (Å²) >= 11 is 0. The molecule has 3 rings (SSSR count). The largest absolute Gasteiger partial charge is 0.496 e. The van der Waals surface area contributed by atoms with Crippen molar-refractivity contribution in [3.63, 3.8) is 0 Å².